The van der Waals surface area contributed by atoms with E-state index in [-0.39, 0.29) is 29.7 Å². The van der Waals surface area contributed by atoms with Gasteiger partial charge in [0.2, 0.25) is 5.88 Å². The van der Waals surface area contributed by atoms with Gasteiger partial charge in [0.05, 0.1) is 28.3 Å². The smallest absolute Gasteiger partial charge is 0.271 e. The molecule has 27 heavy (non-hydrogen) atoms. The van der Waals surface area contributed by atoms with Crippen LogP contribution in [0.2, 0.25) is 10.0 Å². The number of benzene rings is 1. The van der Waals surface area contributed by atoms with Crippen LogP contribution < -0.4 is 5.56 Å². The molecule has 1 atom stereocenters. The van der Waals surface area contributed by atoms with Crippen LogP contribution in [0, 0.1) is 18.3 Å². The molecule has 0 saturated carbocycles. The molecule has 1 saturated heterocycles. The van der Waals surface area contributed by atoms with Crippen molar-refractivity contribution in [2.45, 2.75) is 32.4 Å². The van der Waals surface area contributed by atoms with E-state index in [0.29, 0.717) is 27.9 Å². The van der Waals surface area contributed by atoms with Gasteiger partial charge in [-0.15, -0.1) is 0 Å². The molecule has 1 N–H and O–H groups in total. The number of aliphatic imine (C=N–C) groups is 1. The summed E-state index contributed by atoms with van der Waals surface area (Å²) in [4.78, 5) is 16.9. The number of aromatic nitrogens is 1. The number of aromatic hydroxyl groups is 1. The number of nitrogens with zero attached hydrogens (tertiary/aromatic N) is 3. The fraction of sp³-hybridized carbons (Fsp3) is 0.316. The van der Waals surface area contributed by atoms with Gasteiger partial charge in [-0.2, -0.15) is 5.26 Å². The Kier molecular flexibility index (Phi) is 5.85. The van der Waals surface area contributed by atoms with E-state index < -0.39 is 5.56 Å². The maximum absolute atomic E-state index is 12.6. The molecule has 140 valence electrons. The van der Waals surface area contributed by atoms with Crippen molar-refractivity contribution in [1.29, 1.82) is 5.26 Å². The molecule has 2 heterocycles. The molecule has 6 nitrogen and oxygen atoms in total. The van der Waals surface area contributed by atoms with Crippen molar-refractivity contribution in [1.82, 2.24) is 4.57 Å². The second-order valence-electron chi connectivity index (χ2n) is 6.23. The Morgan fingerprint density at radius 3 is 2.74 bits per heavy atom. The van der Waals surface area contributed by atoms with E-state index in [9.17, 15) is 15.2 Å². The van der Waals surface area contributed by atoms with Crippen LogP contribution in [0.5, 0.6) is 5.88 Å². The summed E-state index contributed by atoms with van der Waals surface area (Å²) in [6.45, 7) is 2.38. The quantitative estimate of drug-likeness (QED) is 0.779. The second-order valence-corrected chi connectivity index (χ2v) is 7.04. The van der Waals surface area contributed by atoms with Gasteiger partial charge in [-0.3, -0.25) is 14.4 Å². The zero-order valence-corrected chi connectivity index (χ0v) is 16.1. The van der Waals surface area contributed by atoms with Gasteiger partial charge in [0.1, 0.15) is 17.3 Å². The Balaban J connectivity index is 2.10. The first-order valence-electron chi connectivity index (χ1n) is 8.40. The fourth-order valence-electron chi connectivity index (χ4n) is 3.03. The van der Waals surface area contributed by atoms with Gasteiger partial charge in [-0.05, 0) is 37.5 Å². The largest absolute Gasteiger partial charge is 0.494 e. The second kappa shape index (κ2) is 8.13. The van der Waals surface area contributed by atoms with Crippen LogP contribution in [0.1, 0.15) is 29.5 Å². The van der Waals surface area contributed by atoms with E-state index in [1.165, 1.54) is 6.21 Å². The average Bonchev–Trinajstić information content (AvgIpc) is 3.14. The van der Waals surface area contributed by atoms with Gasteiger partial charge in [0.25, 0.3) is 5.56 Å². The van der Waals surface area contributed by atoms with E-state index in [2.05, 4.69) is 4.99 Å². The van der Waals surface area contributed by atoms with Gasteiger partial charge >= 0.3 is 0 Å². The van der Waals surface area contributed by atoms with Crippen LogP contribution in [0.4, 0.5) is 5.69 Å². The van der Waals surface area contributed by atoms with E-state index in [4.69, 9.17) is 27.9 Å². The Bertz CT molecular complexity index is 982. The fourth-order valence-corrected chi connectivity index (χ4v) is 3.52. The molecular weight excluding hydrogens is 389 g/mol. The third-order valence-electron chi connectivity index (χ3n) is 4.52. The van der Waals surface area contributed by atoms with Crippen molar-refractivity contribution >= 4 is 35.1 Å². The first-order valence-corrected chi connectivity index (χ1v) is 9.15. The van der Waals surface area contributed by atoms with Gasteiger partial charge in [-0.25, -0.2) is 0 Å². The molecule has 0 amide bonds. The zero-order valence-electron chi connectivity index (χ0n) is 14.6. The van der Waals surface area contributed by atoms with Crippen molar-refractivity contribution in [3.8, 4) is 11.9 Å². The molecular formula is C19H17Cl2N3O3. The van der Waals surface area contributed by atoms with E-state index >= 15 is 0 Å². The number of pyridine rings is 1. The molecule has 1 aromatic heterocycles. The summed E-state index contributed by atoms with van der Waals surface area (Å²) in [5.41, 5.74) is 0.360. The van der Waals surface area contributed by atoms with E-state index in [1.54, 1.807) is 25.1 Å². The van der Waals surface area contributed by atoms with Crippen molar-refractivity contribution in [3.05, 3.63) is 55.3 Å². The minimum atomic E-state index is -0.545. The highest BCUT2D eigenvalue weighted by molar-refractivity contribution is 6.38. The van der Waals surface area contributed by atoms with E-state index in [0.717, 1.165) is 17.4 Å². The molecule has 8 heteroatoms. The molecule has 1 unspecified atom stereocenters. The number of para-hydroxylation sites is 1. The van der Waals surface area contributed by atoms with E-state index in [1.807, 2.05) is 6.07 Å². The minimum Gasteiger partial charge on any atom is -0.494 e. The number of nitriles is 1. The lowest BCUT2D eigenvalue weighted by molar-refractivity contribution is 0.0938. The number of hydrogen-bond donors (Lipinski definition) is 1. The Morgan fingerprint density at radius 1 is 1.44 bits per heavy atom. The third kappa shape index (κ3) is 3.86. The standard InChI is InChI=1S/C19H17Cl2N3O3/c1-11-13(8-22)18(25)24(10-12-4-3-7-27-12)19(26)14(11)9-23-17-15(20)5-2-6-16(17)21/h2,5-6,9,12,26H,3-4,7,10H2,1H3. The summed E-state index contributed by atoms with van der Waals surface area (Å²) in [6, 6.07) is 6.90. The molecule has 1 aromatic carbocycles. The maximum Gasteiger partial charge on any atom is 0.271 e. The number of rotatable bonds is 4. The van der Waals surface area contributed by atoms with Crippen LogP contribution in [-0.4, -0.2) is 28.6 Å². The predicted molar refractivity (Wildman–Crippen MR) is 105 cm³/mol. The van der Waals surface area contributed by atoms with Crippen LogP contribution >= 0.6 is 23.2 Å². The Hall–Kier alpha value is -2.33. The lowest BCUT2D eigenvalue weighted by Gasteiger charge is -2.17. The summed E-state index contributed by atoms with van der Waals surface area (Å²) in [7, 11) is 0. The van der Waals surface area contributed by atoms with Crippen LogP contribution in [-0.2, 0) is 11.3 Å². The van der Waals surface area contributed by atoms with Crippen molar-refractivity contribution in [3.63, 3.8) is 0 Å². The summed E-state index contributed by atoms with van der Waals surface area (Å²) < 4.78 is 6.71. The van der Waals surface area contributed by atoms with Gasteiger partial charge in [0, 0.05) is 12.8 Å². The lowest BCUT2D eigenvalue weighted by atomic mass is 10.1. The molecule has 0 spiro atoms. The highest BCUT2D eigenvalue weighted by Crippen LogP contribution is 2.33. The lowest BCUT2D eigenvalue weighted by Crippen LogP contribution is -2.29. The summed E-state index contributed by atoms with van der Waals surface area (Å²) in [5, 5.41) is 20.8. The van der Waals surface area contributed by atoms with Crippen LogP contribution in [0.15, 0.2) is 28.0 Å². The van der Waals surface area contributed by atoms with Crippen LogP contribution in [0.25, 0.3) is 0 Å². The van der Waals surface area contributed by atoms with Gasteiger partial charge < -0.3 is 9.84 Å². The van der Waals surface area contributed by atoms with Crippen molar-refractivity contribution in [2.75, 3.05) is 6.61 Å². The Labute approximate surface area is 166 Å². The molecule has 2 aromatic rings. The molecule has 3 rings (SSSR count). The normalized spacial score (nSPS) is 16.7. The van der Waals surface area contributed by atoms with Crippen molar-refractivity contribution < 1.29 is 9.84 Å². The summed E-state index contributed by atoms with van der Waals surface area (Å²) in [6.07, 6.45) is 2.88. The van der Waals surface area contributed by atoms with Gasteiger partial charge in [0.15, 0.2) is 0 Å². The van der Waals surface area contributed by atoms with Gasteiger partial charge in [-0.1, -0.05) is 29.3 Å². The monoisotopic (exact) mass is 405 g/mol. The minimum absolute atomic E-state index is 0.0440. The Morgan fingerprint density at radius 2 is 2.15 bits per heavy atom. The SMILES string of the molecule is Cc1c(C=Nc2c(Cl)cccc2Cl)c(O)n(CC2CCCO2)c(=O)c1C#N. The molecule has 1 fully saturated rings. The average molecular weight is 406 g/mol. The molecule has 0 bridgehead atoms. The van der Waals surface area contributed by atoms with Crippen molar-refractivity contribution in [2.24, 2.45) is 4.99 Å². The molecule has 1 aliphatic heterocycles. The predicted octanol–water partition coefficient (Wildman–Crippen LogP) is 3.97. The summed E-state index contributed by atoms with van der Waals surface area (Å²) in [5.74, 6) is -0.265. The number of halogens is 2. The number of hydrogen-bond acceptors (Lipinski definition) is 5. The molecule has 0 aliphatic carbocycles. The first kappa shape index (κ1) is 19.4. The zero-order chi connectivity index (χ0) is 19.6. The van der Waals surface area contributed by atoms with Crippen LogP contribution in [0.3, 0.4) is 0 Å². The highest BCUT2D eigenvalue weighted by atomic mass is 35.5. The molecule has 0 radical (unpaired) electrons. The maximum atomic E-state index is 12.6. The first-order chi connectivity index (χ1) is 12.9. The number of ether oxygens (including phenoxy) is 1. The third-order valence-corrected chi connectivity index (χ3v) is 5.13. The topological polar surface area (TPSA) is 87.6 Å². The highest BCUT2D eigenvalue weighted by Gasteiger charge is 2.23. The summed E-state index contributed by atoms with van der Waals surface area (Å²) >= 11 is 12.2. The molecule has 1 aliphatic rings.